The average molecular weight is 388 g/mol. The Morgan fingerprint density at radius 3 is 2.21 bits per heavy atom. The van der Waals surface area contributed by atoms with Crippen LogP contribution in [0.4, 0.5) is 5.69 Å². The summed E-state index contributed by atoms with van der Waals surface area (Å²) < 4.78 is 0. The van der Waals surface area contributed by atoms with Crippen molar-refractivity contribution < 1.29 is 9.59 Å². The van der Waals surface area contributed by atoms with Gasteiger partial charge >= 0.3 is 0 Å². The van der Waals surface area contributed by atoms with Crippen LogP contribution in [0.3, 0.4) is 0 Å². The summed E-state index contributed by atoms with van der Waals surface area (Å²) in [5.74, 6) is -0.266. The first-order valence-corrected chi connectivity index (χ1v) is 9.46. The Kier molecular flexibility index (Phi) is 6.34. The highest BCUT2D eigenvalue weighted by molar-refractivity contribution is 6.00. The maximum Gasteiger partial charge on any atom is 0.274 e. The largest absolute Gasteiger partial charge is 0.324 e. The van der Waals surface area contributed by atoms with Crippen LogP contribution in [-0.2, 0) is 4.79 Å². The van der Waals surface area contributed by atoms with Gasteiger partial charge in [0.15, 0.2) is 0 Å². The molecule has 0 aliphatic heterocycles. The quantitative estimate of drug-likeness (QED) is 0.691. The van der Waals surface area contributed by atoms with E-state index in [9.17, 15) is 9.59 Å². The van der Waals surface area contributed by atoms with Crippen LogP contribution >= 0.6 is 0 Å². The van der Waals surface area contributed by atoms with Crippen LogP contribution in [-0.4, -0.2) is 33.7 Å². The number of benzene rings is 2. The summed E-state index contributed by atoms with van der Waals surface area (Å²) in [5, 5.41) is 2.93. The first-order valence-electron chi connectivity index (χ1n) is 9.46. The maximum atomic E-state index is 13.2. The van der Waals surface area contributed by atoms with Gasteiger partial charge < -0.3 is 10.2 Å². The fraction of sp³-hybridized carbons (Fsp3) is 0.217. The Balaban J connectivity index is 1.87. The molecule has 29 heavy (non-hydrogen) atoms. The number of nitrogens with one attached hydrogen (secondary N) is 1. The van der Waals surface area contributed by atoms with E-state index in [1.165, 1.54) is 29.1 Å². The molecule has 0 radical (unpaired) electrons. The average Bonchev–Trinajstić information content (AvgIpc) is 2.75. The molecular formula is C23H24N4O2. The predicted molar refractivity (Wildman–Crippen MR) is 112 cm³/mol. The van der Waals surface area contributed by atoms with Crippen molar-refractivity contribution in [1.82, 2.24) is 14.9 Å². The number of carbonyl (C=O) groups is 2. The molecule has 148 valence electrons. The van der Waals surface area contributed by atoms with Crippen LogP contribution < -0.4 is 5.32 Å². The van der Waals surface area contributed by atoms with E-state index in [4.69, 9.17) is 0 Å². The molecular weight excluding hydrogens is 364 g/mol. The molecule has 2 amide bonds. The Morgan fingerprint density at radius 1 is 0.931 bits per heavy atom. The summed E-state index contributed by atoms with van der Waals surface area (Å²) in [7, 11) is 1.59. The first-order chi connectivity index (χ1) is 14.0. The van der Waals surface area contributed by atoms with E-state index in [0.717, 1.165) is 0 Å². The normalized spacial score (nSPS) is 11.7. The third-order valence-electron chi connectivity index (χ3n) is 4.70. The Hall–Kier alpha value is -3.54. The number of aromatic nitrogens is 2. The Labute approximate surface area is 170 Å². The molecule has 0 fully saturated rings. The molecule has 0 aliphatic rings. The monoisotopic (exact) mass is 388 g/mol. The molecule has 0 bridgehead atoms. The molecule has 6 heteroatoms. The lowest BCUT2D eigenvalue weighted by atomic mass is 10.0. The van der Waals surface area contributed by atoms with E-state index in [2.05, 4.69) is 29.1 Å². The number of hydrogen-bond acceptors (Lipinski definition) is 4. The van der Waals surface area contributed by atoms with Crippen molar-refractivity contribution in [3.63, 3.8) is 0 Å². The van der Waals surface area contributed by atoms with E-state index in [-0.39, 0.29) is 17.5 Å². The highest BCUT2D eigenvalue weighted by atomic mass is 16.2. The number of amides is 2. The van der Waals surface area contributed by atoms with Crippen molar-refractivity contribution in [2.45, 2.75) is 25.8 Å². The number of nitrogens with zero attached hydrogens (tertiary/aromatic N) is 3. The van der Waals surface area contributed by atoms with Crippen LogP contribution in [0, 0.1) is 0 Å². The molecule has 3 aromatic rings. The molecule has 0 unspecified atom stereocenters. The molecule has 0 spiro atoms. The van der Waals surface area contributed by atoms with Crippen molar-refractivity contribution in [2.75, 3.05) is 12.4 Å². The summed E-state index contributed by atoms with van der Waals surface area (Å²) in [4.78, 5) is 35.4. The van der Waals surface area contributed by atoms with Crippen LogP contribution in [0.25, 0.3) is 0 Å². The first kappa shape index (κ1) is 20.2. The number of carbonyl (C=O) groups excluding carboxylic acids is 2. The number of anilines is 1. The van der Waals surface area contributed by atoms with Crippen molar-refractivity contribution in [1.29, 1.82) is 0 Å². The van der Waals surface area contributed by atoms with Crippen molar-refractivity contribution in [2.24, 2.45) is 0 Å². The Morgan fingerprint density at radius 2 is 1.62 bits per heavy atom. The van der Waals surface area contributed by atoms with Gasteiger partial charge in [0.1, 0.15) is 11.7 Å². The van der Waals surface area contributed by atoms with E-state index in [0.29, 0.717) is 17.2 Å². The minimum Gasteiger partial charge on any atom is -0.324 e. The zero-order valence-corrected chi connectivity index (χ0v) is 16.7. The topological polar surface area (TPSA) is 75.2 Å². The lowest BCUT2D eigenvalue weighted by molar-refractivity contribution is -0.120. The number of likely N-dealkylation sites (N-methyl/N-ethyl adjacent to an activating group) is 1. The van der Waals surface area contributed by atoms with E-state index >= 15 is 0 Å². The van der Waals surface area contributed by atoms with Crippen molar-refractivity contribution in [3.05, 3.63) is 90.0 Å². The smallest absolute Gasteiger partial charge is 0.274 e. The van der Waals surface area contributed by atoms with Crippen molar-refractivity contribution >= 4 is 17.5 Å². The van der Waals surface area contributed by atoms with Gasteiger partial charge in [0.2, 0.25) is 0 Å². The lowest BCUT2D eigenvalue weighted by Gasteiger charge is -2.27. The fourth-order valence-electron chi connectivity index (χ4n) is 3.06. The number of hydrogen-bond donors (Lipinski definition) is 1. The summed E-state index contributed by atoms with van der Waals surface area (Å²) in [6, 6.07) is 16.1. The van der Waals surface area contributed by atoms with Crippen LogP contribution in [0.15, 0.2) is 73.2 Å². The number of rotatable bonds is 6. The van der Waals surface area contributed by atoms with Gasteiger partial charge in [-0.15, -0.1) is 0 Å². The van der Waals surface area contributed by atoms with E-state index in [1.54, 1.807) is 7.05 Å². The van der Waals surface area contributed by atoms with Gasteiger partial charge in [0.25, 0.3) is 11.8 Å². The third kappa shape index (κ3) is 4.85. The molecule has 6 nitrogen and oxygen atoms in total. The molecule has 3 rings (SSSR count). The molecule has 1 aromatic heterocycles. The van der Waals surface area contributed by atoms with Gasteiger partial charge in [-0.05, 0) is 29.2 Å². The highest BCUT2D eigenvalue weighted by Crippen LogP contribution is 2.24. The van der Waals surface area contributed by atoms with Crippen LogP contribution in [0.5, 0.6) is 0 Å². The van der Waals surface area contributed by atoms with Gasteiger partial charge in [0, 0.05) is 25.1 Å². The molecule has 2 aromatic carbocycles. The summed E-state index contributed by atoms with van der Waals surface area (Å²) >= 11 is 0. The summed E-state index contributed by atoms with van der Waals surface area (Å²) in [5.41, 5.74) is 2.77. The second-order valence-electron chi connectivity index (χ2n) is 7.09. The molecule has 1 heterocycles. The zero-order chi connectivity index (χ0) is 20.8. The minimum absolute atomic E-state index is 0.185. The fourth-order valence-corrected chi connectivity index (χ4v) is 3.06. The minimum atomic E-state index is -0.810. The Bertz CT molecular complexity index is 957. The van der Waals surface area contributed by atoms with Crippen LogP contribution in [0.1, 0.15) is 47.4 Å². The molecule has 0 saturated heterocycles. The van der Waals surface area contributed by atoms with E-state index < -0.39 is 6.04 Å². The van der Waals surface area contributed by atoms with Gasteiger partial charge in [-0.1, -0.05) is 56.3 Å². The maximum absolute atomic E-state index is 13.2. The van der Waals surface area contributed by atoms with Gasteiger partial charge in [-0.3, -0.25) is 14.6 Å². The summed E-state index contributed by atoms with van der Waals surface area (Å²) in [6.07, 6.45) is 4.34. The van der Waals surface area contributed by atoms with Gasteiger partial charge in [0.05, 0.1) is 6.20 Å². The van der Waals surface area contributed by atoms with E-state index in [1.807, 2.05) is 54.6 Å². The predicted octanol–water partition coefficient (Wildman–Crippen LogP) is 4.05. The van der Waals surface area contributed by atoms with Crippen LogP contribution in [0.2, 0.25) is 0 Å². The second-order valence-corrected chi connectivity index (χ2v) is 7.09. The summed E-state index contributed by atoms with van der Waals surface area (Å²) in [6.45, 7) is 4.23. The third-order valence-corrected chi connectivity index (χ3v) is 4.70. The SMILES string of the molecule is CC(C)c1ccc(NC(=O)[C@@H](c2ccccc2)N(C)C(=O)c2cnccn2)cc1. The lowest BCUT2D eigenvalue weighted by Crippen LogP contribution is -2.39. The molecule has 1 N–H and O–H groups in total. The van der Waals surface area contributed by atoms with Crippen molar-refractivity contribution in [3.8, 4) is 0 Å². The zero-order valence-electron chi connectivity index (χ0n) is 16.7. The molecule has 0 saturated carbocycles. The second kappa shape index (κ2) is 9.10. The molecule has 1 atom stereocenters. The molecule has 0 aliphatic carbocycles. The van der Waals surface area contributed by atoms with Gasteiger partial charge in [-0.2, -0.15) is 0 Å². The standard InChI is InChI=1S/C23H24N4O2/c1-16(2)17-9-11-19(12-10-17)26-22(28)21(18-7-5-4-6-8-18)27(3)23(29)20-15-24-13-14-25-20/h4-16,21H,1-3H3,(H,26,28)/t21-/m1/s1. The van der Waals surface area contributed by atoms with Gasteiger partial charge in [-0.25, -0.2) is 4.98 Å². The highest BCUT2D eigenvalue weighted by Gasteiger charge is 2.30.